The number of nitrogens with zero attached hydrogens (tertiary/aromatic N) is 1. The zero-order valence-electron chi connectivity index (χ0n) is 11.9. The number of nitrogens with one attached hydrogen (secondary N) is 2. The van der Waals surface area contributed by atoms with E-state index in [0.29, 0.717) is 12.2 Å². The first-order valence-corrected chi connectivity index (χ1v) is 7.01. The number of hydrogen-bond acceptors (Lipinski definition) is 2. The van der Waals surface area contributed by atoms with Gasteiger partial charge in [-0.15, -0.1) is 0 Å². The molecule has 0 bridgehead atoms. The van der Waals surface area contributed by atoms with Gasteiger partial charge in [0.2, 0.25) is 5.91 Å². The van der Waals surface area contributed by atoms with Crippen LogP contribution < -0.4 is 5.32 Å². The van der Waals surface area contributed by atoms with Gasteiger partial charge in [0, 0.05) is 11.8 Å². The number of hydrogen-bond donors (Lipinski definition) is 2. The lowest BCUT2D eigenvalue weighted by molar-refractivity contribution is -0.116. The van der Waals surface area contributed by atoms with Crippen LogP contribution in [0.3, 0.4) is 0 Å². The number of fused-ring (bicyclic) bond motifs is 1. The molecule has 21 heavy (non-hydrogen) atoms. The van der Waals surface area contributed by atoms with E-state index in [2.05, 4.69) is 46.7 Å². The molecule has 3 rings (SSSR count). The molecule has 4 heteroatoms. The molecule has 1 heterocycles. The molecule has 0 unspecified atom stereocenters. The Bertz CT molecular complexity index is 759. The molecule has 0 saturated carbocycles. The number of aryl methyl sites for hydroxylation is 2. The molecule has 0 spiro atoms. The summed E-state index contributed by atoms with van der Waals surface area (Å²) in [6.07, 6.45) is 1.18. The smallest absolute Gasteiger partial charge is 0.225 e. The number of aromatic amines is 1. The van der Waals surface area contributed by atoms with Crippen molar-refractivity contribution in [2.24, 2.45) is 0 Å². The van der Waals surface area contributed by atoms with Gasteiger partial charge in [0.1, 0.15) is 0 Å². The molecule has 0 aliphatic heterocycles. The molecule has 2 N–H and O–H groups in total. The minimum Gasteiger partial charge on any atom is -0.309 e. The highest BCUT2D eigenvalue weighted by Gasteiger charge is 2.08. The maximum Gasteiger partial charge on any atom is 0.225 e. The summed E-state index contributed by atoms with van der Waals surface area (Å²) < 4.78 is 0. The van der Waals surface area contributed by atoms with Crippen LogP contribution in [0.1, 0.15) is 17.5 Å². The molecule has 0 fully saturated rings. The zero-order chi connectivity index (χ0) is 14.7. The van der Waals surface area contributed by atoms with Gasteiger partial charge in [-0.3, -0.25) is 9.89 Å². The Hall–Kier alpha value is -2.62. The van der Waals surface area contributed by atoms with Crippen molar-refractivity contribution in [3.63, 3.8) is 0 Å². The lowest BCUT2D eigenvalue weighted by atomic mass is 10.1. The fraction of sp³-hybridized carbons (Fsp3) is 0.176. The van der Waals surface area contributed by atoms with E-state index < -0.39 is 0 Å². The summed E-state index contributed by atoms with van der Waals surface area (Å²) >= 11 is 0. The van der Waals surface area contributed by atoms with Crippen molar-refractivity contribution in [3.8, 4) is 0 Å². The standard InChI is InChI=1S/C17H17N3O/c1-12-6-8-13(9-7-12)10-11-16(21)18-17-14-4-2-3-5-15(14)19-20-17/h2-9H,10-11H2,1H3,(H2,18,19,20,21). The summed E-state index contributed by atoms with van der Waals surface area (Å²) in [5.41, 5.74) is 3.32. The van der Waals surface area contributed by atoms with Crippen LogP contribution in [-0.4, -0.2) is 16.1 Å². The molecule has 1 aromatic heterocycles. The topological polar surface area (TPSA) is 57.8 Å². The van der Waals surface area contributed by atoms with E-state index in [0.717, 1.165) is 17.3 Å². The van der Waals surface area contributed by atoms with E-state index >= 15 is 0 Å². The third-order valence-corrected chi connectivity index (χ3v) is 3.49. The third-order valence-electron chi connectivity index (χ3n) is 3.49. The number of amides is 1. The minimum atomic E-state index is -0.0205. The molecule has 0 atom stereocenters. The summed E-state index contributed by atoms with van der Waals surface area (Å²) in [5, 5.41) is 10.9. The van der Waals surface area contributed by atoms with Crippen LogP contribution in [0.5, 0.6) is 0 Å². The minimum absolute atomic E-state index is 0.0205. The molecule has 0 radical (unpaired) electrons. The molecule has 2 aromatic carbocycles. The molecule has 3 aromatic rings. The number of para-hydroxylation sites is 1. The number of H-pyrrole nitrogens is 1. The second-order valence-corrected chi connectivity index (χ2v) is 5.15. The van der Waals surface area contributed by atoms with E-state index in [-0.39, 0.29) is 5.91 Å². The lowest BCUT2D eigenvalue weighted by Crippen LogP contribution is -2.12. The van der Waals surface area contributed by atoms with Crippen molar-refractivity contribution in [3.05, 3.63) is 59.7 Å². The van der Waals surface area contributed by atoms with Crippen molar-refractivity contribution < 1.29 is 4.79 Å². The Morgan fingerprint density at radius 3 is 2.71 bits per heavy atom. The van der Waals surface area contributed by atoms with Crippen LogP contribution in [0.15, 0.2) is 48.5 Å². The summed E-state index contributed by atoms with van der Waals surface area (Å²) in [6.45, 7) is 2.05. The van der Waals surface area contributed by atoms with Gasteiger partial charge < -0.3 is 5.32 Å². The summed E-state index contributed by atoms with van der Waals surface area (Å²) in [7, 11) is 0. The Morgan fingerprint density at radius 2 is 1.90 bits per heavy atom. The highest BCUT2D eigenvalue weighted by atomic mass is 16.1. The molecule has 0 aliphatic rings. The second-order valence-electron chi connectivity index (χ2n) is 5.15. The van der Waals surface area contributed by atoms with Crippen molar-refractivity contribution >= 4 is 22.6 Å². The first kappa shape index (κ1) is 13.4. The number of rotatable bonds is 4. The van der Waals surface area contributed by atoms with Crippen LogP contribution >= 0.6 is 0 Å². The van der Waals surface area contributed by atoms with Gasteiger partial charge in [-0.05, 0) is 31.0 Å². The predicted octanol–water partition coefficient (Wildman–Crippen LogP) is 3.44. The summed E-state index contributed by atoms with van der Waals surface area (Å²) in [5.74, 6) is 0.576. The van der Waals surface area contributed by atoms with Crippen molar-refractivity contribution in [2.75, 3.05) is 5.32 Å². The Kier molecular flexibility index (Phi) is 3.69. The third kappa shape index (κ3) is 3.11. The van der Waals surface area contributed by atoms with Crippen molar-refractivity contribution in [1.82, 2.24) is 10.2 Å². The van der Waals surface area contributed by atoms with Crippen LogP contribution in [0.4, 0.5) is 5.82 Å². The number of carbonyl (C=O) groups is 1. The number of carbonyl (C=O) groups excluding carboxylic acids is 1. The van der Waals surface area contributed by atoms with E-state index in [1.807, 2.05) is 24.3 Å². The first-order chi connectivity index (χ1) is 10.2. The molecule has 0 saturated heterocycles. The lowest BCUT2D eigenvalue weighted by Gasteiger charge is -2.03. The summed E-state index contributed by atoms with van der Waals surface area (Å²) in [4.78, 5) is 12.0. The van der Waals surface area contributed by atoms with Gasteiger partial charge in [-0.1, -0.05) is 42.0 Å². The maximum absolute atomic E-state index is 12.0. The maximum atomic E-state index is 12.0. The SMILES string of the molecule is Cc1ccc(CCC(=O)Nc2n[nH]c3ccccc23)cc1. The van der Waals surface area contributed by atoms with Crippen molar-refractivity contribution in [1.29, 1.82) is 0 Å². The van der Waals surface area contributed by atoms with Gasteiger partial charge in [0.05, 0.1) is 5.52 Å². The van der Waals surface area contributed by atoms with Gasteiger partial charge in [-0.2, -0.15) is 5.10 Å². The van der Waals surface area contributed by atoms with Gasteiger partial charge in [0.25, 0.3) is 0 Å². The summed E-state index contributed by atoms with van der Waals surface area (Å²) in [6, 6.07) is 16.0. The molecule has 1 amide bonds. The number of aromatic nitrogens is 2. The van der Waals surface area contributed by atoms with Gasteiger partial charge >= 0.3 is 0 Å². The van der Waals surface area contributed by atoms with Gasteiger partial charge in [-0.25, -0.2) is 0 Å². The van der Waals surface area contributed by atoms with E-state index in [4.69, 9.17) is 0 Å². The van der Waals surface area contributed by atoms with Crippen molar-refractivity contribution in [2.45, 2.75) is 19.8 Å². The Balaban J connectivity index is 1.62. The van der Waals surface area contributed by atoms with Crippen LogP contribution in [0.2, 0.25) is 0 Å². The highest BCUT2D eigenvalue weighted by molar-refractivity contribution is 5.99. The number of benzene rings is 2. The van der Waals surface area contributed by atoms with Crippen LogP contribution in [-0.2, 0) is 11.2 Å². The largest absolute Gasteiger partial charge is 0.309 e. The fourth-order valence-electron chi connectivity index (χ4n) is 2.27. The molecule has 106 valence electrons. The van der Waals surface area contributed by atoms with E-state index in [1.54, 1.807) is 0 Å². The quantitative estimate of drug-likeness (QED) is 0.768. The van der Waals surface area contributed by atoms with E-state index in [9.17, 15) is 4.79 Å². The normalized spacial score (nSPS) is 10.7. The molecule has 4 nitrogen and oxygen atoms in total. The predicted molar refractivity (Wildman–Crippen MR) is 84.2 cm³/mol. The fourth-order valence-corrected chi connectivity index (χ4v) is 2.27. The molecule has 0 aliphatic carbocycles. The van der Waals surface area contributed by atoms with Crippen LogP contribution in [0.25, 0.3) is 10.9 Å². The van der Waals surface area contributed by atoms with Gasteiger partial charge in [0.15, 0.2) is 5.82 Å². The average molecular weight is 279 g/mol. The van der Waals surface area contributed by atoms with Crippen LogP contribution in [0, 0.1) is 6.92 Å². The second kappa shape index (κ2) is 5.79. The monoisotopic (exact) mass is 279 g/mol. The molecular formula is C17H17N3O. The average Bonchev–Trinajstić information content (AvgIpc) is 2.90. The highest BCUT2D eigenvalue weighted by Crippen LogP contribution is 2.19. The zero-order valence-corrected chi connectivity index (χ0v) is 11.9. The Labute approximate surface area is 123 Å². The van der Waals surface area contributed by atoms with E-state index in [1.165, 1.54) is 11.1 Å². The molecular weight excluding hydrogens is 262 g/mol. The number of anilines is 1. The Morgan fingerprint density at radius 1 is 1.14 bits per heavy atom. The first-order valence-electron chi connectivity index (χ1n) is 7.01.